The van der Waals surface area contributed by atoms with E-state index in [1.807, 2.05) is 30.5 Å². The number of aromatic amines is 1. The Morgan fingerprint density at radius 3 is 2.67 bits per heavy atom. The minimum absolute atomic E-state index is 0.440. The van der Waals surface area contributed by atoms with Crippen LogP contribution in [0.1, 0.15) is 18.4 Å². The van der Waals surface area contributed by atoms with Crippen LogP contribution in [0.3, 0.4) is 0 Å². The Hall–Kier alpha value is -3.33. The van der Waals surface area contributed by atoms with Gasteiger partial charge in [-0.1, -0.05) is 23.5 Å². The topological polar surface area (TPSA) is 65.3 Å². The quantitative estimate of drug-likeness (QED) is 0.615. The van der Waals surface area contributed by atoms with Crippen LogP contribution < -0.4 is 19.4 Å². The third-order valence-corrected chi connectivity index (χ3v) is 4.52. The second-order valence-electron chi connectivity index (χ2n) is 6.10. The predicted octanol–water partition coefficient (Wildman–Crippen LogP) is 3.49. The number of anilines is 1. The Kier molecular flexibility index (Phi) is 6.06. The van der Waals surface area contributed by atoms with Gasteiger partial charge in [-0.05, 0) is 35.5 Å². The van der Waals surface area contributed by atoms with E-state index in [2.05, 4.69) is 26.9 Å². The van der Waals surface area contributed by atoms with Gasteiger partial charge in [-0.25, -0.2) is 4.98 Å². The minimum atomic E-state index is 0.440. The zero-order valence-corrected chi connectivity index (χ0v) is 15.5. The first-order valence-electron chi connectivity index (χ1n) is 8.76. The first-order chi connectivity index (χ1) is 13.3. The van der Waals surface area contributed by atoms with Crippen molar-refractivity contribution in [3.8, 4) is 23.3 Å². The third-order valence-electron chi connectivity index (χ3n) is 4.52. The number of H-pyrrole nitrogens is 1. The van der Waals surface area contributed by atoms with Gasteiger partial charge in [0.15, 0.2) is 17.2 Å². The number of allylic oxidation sites excluding steroid dienone is 1. The number of nitrogens with zero attached hydrogens (tertiary/aromatic N) is 2. The number of pyridine rings is 1. The predicted molar refractivity (Wildman–Crippen MR) is 104 cm³/mol. The summed E-state index contributed by atoms with van der Waals surface area (Å²) in [6, 6.07) is 9.15. The number of aromatic nitrogens is 1. The fraction of sp³-hybridized carbons (Fsp3) is 0.286. The molecule has 0 aliphatic carbocycles. The second kappa shape index (κ2) is 8.86. The molecule has 0 unspecified atom stereocenters. The zero-order chi connectivity index (χ0) is 19.1. The van der Waals surface area contributed by atoms with Gasteiger partial charge in [0.25, 0.3) is 0 Å². The highest BCUT2D eigenvalue weighted by Gasteiger charge is 2.24. The molecule has 2 heterocycles. The molecular formula is C21H22N3O3+. The first kappa shape index (κ1) is 18.5. The van der Waals surface area contributed by atoms with E-state index in [-0.39, 0.29) is 0 Å². The van der Waals surface area contributed by atoms with Crippen LogP contribution in [-0.4, -0.2) is 27.3 Å². The number of piperidine rings is 1. The summed E-state index contributed by atoms with van der Waals surface area (Å²) < 4.78 is 10.7. The minimum Gasteiger partial charge on any atom is -0.493 e. The van der Waals surface area contributed by atoms with Gasteiger partial charge in [0.1, 0.15) is 0 Å². The van der Waals surface area contributed by atoms with Gasteiger partial charge in [0, 0.05) is 12.8 Å². The lowest BCUT2D eigenvalue weighted by molar-refractivity contribution is -0.363. The largest absolute Gasteiger partial charge is 0.493 e. The number of methoxy groups -OCH3 is 2. The molecule has 2 aromatic rings. The van der Waals surface area contributed by atoms with Crippen molar-refractivity contribution in [3.63, 3.8) is 0 Å². The van der Waals surface area contributed by atoms with Crippen LogP contribution in [0.15, 0.2) is 53.4 Å². The maximum Gasteiger partial charge on any atom is 0.304 e. The van der Waals surface area contributed by atoms with Gasteiger partial charge in [-0.15, -0.1) is 4.91 Å². The van der Waals surface area contributed by atoms with Gasteiger partial charge in [-0.2, -0.15) is 0 Å². The Bertz CT molecular complexity index is 902. The van der Waals surface area contributed by atoms with Crippen LogP contribution in [0.2, 0.25) is 0 Å². The van der Waals surface area contributed by atoms with E-state index in [4.69, 9.17) is 9.47 Å². The normalized spacial score (nSPS) is 13.4. The average molecular weight is 364 g/mol. The highest BCUT2D eigenvalue weighted by atomic mass is 16.5. The molecule has 3 rings (SSSR count). The summed E-state index contributed by atoms with van der Waals surface area (Å²) >= 11 is 0. The van der Waals surface area contributed by atoms with Crippen molar-refractivity contribution in [1.29, 1.82) is 0 Å². The van der Waals surface area contributed by atoms with E-state index in [0.717, 1.165) is 37.3 Å². The monoisotopic (exact) mass is 364 g/mol. The van der Waals surface area contributed by atoms with E-state index in [9.17, 15) is 4.91 Å². The van der Waals surface area contributed by atoms with Crippen LogP contribution in [0, 0.1) is 16.7 Å². The molecule has 1 aliphatic rings. The lowest BCUT2D eigenvalue weighted by Crippen LogP contribution is -2.34. The molecule has 1 saturated heterocycles. The summed E-state index contributed by atoms with van der Waals surface area (Å²) in [6.07, 6.45) is 5.57. The molecule has 1 aromatic carbocycles. The van der Waals surface area contributed by atoms with Gasteiger partial charge in [-0.3, -0.25) is 4.90 Å². The van der Waals surface area contributed by atoms with Crippen molar-refractivity contribution in [2.75, 3.05) is 32.2 Å². The SMILES string of the molecule is COc1cccc(C#CC=C2CCN(c3[nH+]cccc3N=O)CC2)c1OC. The maximum atomic E-state index is 11.0. The van der Waals surface area contributed by atoms with Crippen molar-refractivity contribution in [1.82, 2.24) is 0 Å². The number of nitroso groups, excluding NO2 is 1. The summed E-state index contributed by atoms with van der Waals surface area (Å²) in [5, 5.41) is 3.10. The molecular weight excluding hydrogens is 342 g/mol. The molecule has 1 N–H and O–H groups in total. The Morgan fingerprint density at radius 1 is 1.15 bits per heavy atom. The molecule has 1 aliphatic heterocycles. The number of hydrogen-bond acceptors (Lipinski definition) is 5. The highest BCUT2D eigenvalue weighted by molar-refractivity contribution is 5.58. The van der Waals surface area contributed by atoms with Crippen molar-refractivity contribution < 1.29 is 14.5 Å². The average Bonchev–Trinajstić information content (AvgIpc) is 2.74. The van der Waals surface area contributed by atoms with Crippen molar-refractivity contribution in [2.45, 2.75) is 12.8 Å². The first-order valence-corrected chi connectivity index (χ1v) is 8.76. The number of benzene rings is 1. The maximum absolute atomic E-state index is 11.0. The lowest BCUT2D eigenvalue weighted by atomic mass is 10.0. The molecule has 6 heteroatoms. The van der Waals surface area contributed by atoms with E-state index in [1.54, 1.807) is 26.4 Å². The number of para-hydroxylation sites is 1. The molecule has 0 atom stereocenters. The van der Waals surface area contributed by atoms with E-state index in [0.29, 0.717) is 17.2 Å². The van der Waals surface area contributed by atoms with Crippen LogP contribution in [-0.2, 0) is 0 Å². The zero-order valence-electron chi connectivity index (χ0n) is 15.5. The summed E-state index contributed by atoms with van der Waals surface area (Å²) in [4.78, 5) is 16.2. The number of hydrogen-bond donors (Lipinski definition) is 0. The lowest BCUT2D eigenvalue weighted by Gasteiger charge is -2.23. The van der Waals surface area contributed by atoms with Gasteiger partial charge in [0.2, 0.25) is 0 Å². The standard InChI is InChI=1S/C21H21N3O3/c1-26-19-10-4-8-17(20(19)27-2)7-3-6-16-11-14-24(15-12-16)21-18(23-25)9-5-13-22-21/h4-6,8-10,13H,11-12,14-15H2,1-2H3/p+1. The Labute approximate surface area is 158 Å². The van der Waals surface area contributed by atoms with Crippen LogP contribution in [0.4, 0.5) is 11.5 Å². The molecule has 6 nitrogen and oxygen atoms in total. The van der Waals surface area contributed by atoms with Crippen LogP contribution >= 0.6 is 0 Å². The molecule has 0 saturated carbocycles. The molecule has 138 valence electrons. The summed E-state index contributed by atoms with van der Waals surface area (Å²) in [5.74, 6) is 8.37. The summed E-state index contributed by atoms with van der Waals surface area (Å²) in [6.45, 7) is 1.64. The van der Waals surface area contributed by atoms with E-state index >= 15 is 0 Å². The Balaban J connectivity index is 1.69. The van der Waals surface area contributed by atoms with Gasteiger partial charge >= 0.3 is 5.82 Å². The highest BCUT2D eigenvalue weighted by Crippen LogP contribution is 2.30. The fourth-order valence-electron chi connectivity index (χ4n) is 3.11. The number of nitrogens with one attached hydrogen (secondary N) is 1. The van der Waals surface area contributed by atoms with E-state index in [1.165, 1.54) is 5.57 Å². The van der Waals surface area contributed by atoms with Crippen LogP contribution in [0.25, 0.3) is 0 Å². The van der Waals surface area contributed by atoms with E-state index < -0.39 is 0 Å². The third kappa shape index (κ3) is 4.26. The Morgan fingerprint density at radius 2 is 1.96 bits per heavy atom. The van der Waals surface area contributed by atoms with Crippen molar-refractivity contribution in [2.24, 2.45) is 5.18 Å². The molecule has 1 fully saturated rings. The van der Waals surface area contributed by atoms with Crippen LogP contribution in [0.5, 0.6) is 11.5 Å². The van der Waals surface area contributed by atoms with Gasteiger partial charge < -0.3 is 9.47 Å². The number of ether oxygens (including phenoxy) is 2. The molecule has 0 radical (unpaired) electrons. The summed E-state index contributed by atoms with van der Waals surface area (Å²) in [7, 11) is 3.22. The second-order valence-corrected chi connectivity index (χ2v) is 6.10. The summed E-state index contributed by atoms with van der Waals surface area (Å²) in [5.41, 5.74) is 2.53. The molecule has 1 aromatic heterocycles. The fourth-order valence-corrected chi connectivity index (χ4v) is 3.11. The van der Waals surface area contributed by atoms with Gasteiger partial charge in [0.05, 0.1) is 39.1 Å². The molecule has 0 bridgehead atoms. The van der Waals surface area contributed by atoms with Crippen molar-refractivity contribution in [3.05, 3.63) is 58.6 Å². The smallest absolute Gasteiger partial charge is 0.304 e. The molecule has 0 spiro atoms. The van der Waals surface area contributed by atoms with Crippen molar-refractivity contribution >= 4 is 11.5 Å². The number of rotatable bonds is 4. The molecule has 27 heavy (non-hydrogen) atoms. The molecule has 0 amide bonds.